The highest BCUT2D eigenvalue weighted by Crippen LogP contribution is 2.36. The molecule has 4 rings (SSSR count). The number of epoxide rings is 1. The molecule has 7 nitrogen and oxygen atoms in total. The van der Waals surface area contributed by atoms with E-state index in [1.165, 1.54) is 24.3 Å². The average Bonchev–Trinajstić information content (AvgIpc) is 3.58. The molecule has 3 aromatic rings. The Morgan fingerprint density at radius 2 is 1.83 bits per heavy atom. The number of nitrogens with zero attached hydrogens (tertiary/aromatic N) is 1. The molecule has 1 aliphatic rings. The number of oxime groups is 1. The van der Waals surface area contributed by atoms with E-state index in [1.807, 2.05) is 0 Å². The summed E-state index contributed by atoms with van der Waals surface area (Å²) in [5.74, 6) is -4.94. The summed E-state index contributed by atoms with van der Waals surface area (Å²) in [6.07, 6.45) is -0.579. The van der Waals surface area contributed by atoms with Crippen molar-refractivity contribution in [3.05, 3.63) is 76.3 Å². The monoisotopic (exact) mass is 525 g/mol. The van der Waals surface area contributed by atoms with Gasteiger partial charge in [0.2, 0.25) is 5.96 Å². The second kappa shape index (κ2) is 10.8. The maximum atomic E-state index is 15.2. The Morgan fingerprint density at radius 1 is 1.08 bits per heavy atom. The standard InChI is InChI=1S/C24H24ClF4N5O2/c25-17-6-8-19(21(27)15(17)11-20-22(36-20)32-9-10-35-34-23(30)31)33-12-24(28,29)16-5-7-18(26)14-4-2-1-3-13(14)16/h1-8,20,22,32-33H,9-12H2,(H4,30,31,34). The molecule has 0 aromatic heterocycles. The lowest BCUT2D eigenvalue weighted by Gasteiger charge is -2.21. The molecule has 0 aliphatic carbocycles. The van der Waals surface area contributed by atoms with Gasteiger partial charge in [0.1, 0.15) is 24.8 Å². The predicted molar refractivity (Wildman–Crippen MR) is 130 cm³/mol. The fraction of sp³-hybridized carbons (Fsp3) is 0.292. The minimum Gasteiger partial charge on any atom is -0.392 e. The number of anilines is 1. The summed E-state index contributed by atoms with van der Waals surface area (Å²) >= 11 is 6.18. The van der Waals surface area contributed by atoms with E-state index in [0.717, 1.165) is 12.1 Å². The Morgan fingerprint density at radius 3 is 2.58 bits per heavy atom. The second-order valence-electron chi connectivity index (χ2n) is 8.19. The summed E-state index contributed by atoms with van der Waals surface area (Å²) in [5, 5.41) is 9.22. The molecule has 2 unspecified atom stereocenters. The number of fused-ring (bicyclic) bond motifs is 1. The molecule has 1 fully saturated rings. The number of hydrogen-bond donors (Lipinski definition) is 4. The first kappa shape index (κ1) is 25.8. The smallest absolute Gasteiger partial charge is 0.290 e. The highest BCUT2D eigenvalue weighted by molar-refractivity contribution is 6.31. The van der Waals surface area contributed by atoms with Crippen LogP contribution < -0.4 is 22.1 Å². The van der Waals surface area contributed by atoms with Crippen molar-refractivity contribution in [3.8, 4) is 0 Å². The Bertz CT molecular complexity index is 1270. The molecule has 0 bridgehead atoms. The van der Waals surface area contributed by atoms with Crippen LogP contribution in [0.15, 0.2) is 53.7 Å². The maximum Gasteiger partial charge on any atom is 0.290 e. The SMILES string of the molecule is NC(N)=NOCCNC1OC1Cc1c(Cl)ccc(NCC(F)(F)c2ccc(F)c3ccccc23)c1F. The van der Waals surface area contributed by atoms with Gasteiger partial charge in [0.15, 0.2) is 5.82 Å². The third kappa shape index (κ3) is 5.92. The number of halogens is 5. The molecule has 0 radical (unpaired) electrons. The van der Waals surface area contributed by atoms with Gasteiger partial charge in [-0.2, -0.15) is 8.78 Å². The minimum atomic E-state index is -3.41. The van der Waals surface area contributed by atoms with Gasteiger partial charge in [0.05, 0.1) is 12.2 Å². The molecule has 1 heterocycles. The van der Waals surface area contributed by atoms with Gasteiger partial charge in [-0.25, -0.2) is 8.78 Å². The summed E-state index contributed by atoms with van der Waals surface area (Å²) < 4.78 is 64.9. The quantitative estimate of drug-likeness (QED) is 0.0751. The highest BCUT2D eigenvalue weighted by Gasteiger charge is 2.40. The van der Waals surface area contributed by atoms with E-state index in [-0.39, 0.29) is 63.9 Å². The molecule has 6 N–H and O–H groups in total. The number of ether oxygens (including phenoxy) is 1. The van der Waals surface area contributed by atoms with Crippen molar-refractivity contribution in [1.29, 1.82) is 0 Å². The lowest BCUT2D eigenvalue weighted by molar-refractivity contribution is 0.0121. The van der Waals surface area contributed by atoms with Crippen LogP contribution in [0.3, 0.4) is 0 Å². The van der Waals surface area contributed by atoms with Crippen molar-refractivity contribution in [1.82, 2.24) is 5.32 Å². The van der Waals surface area contributed by atoms with Gasteiger partial charge in [-0.05, 0) is 34.8 Å². The zero-order valence-corrected chi connectivity index (χ0v) is 19.7. The van der Waals surface area contributed by atoms with Crippen LogP contribution in [-0.4, -0.2) is 38.0 Å². The largest absolute Gasteiger partial charge is 0.392 e. The number of alkyl halides is 2. The zero-order valence-electron chi connectivity index (χ0n) is 18.9. The van der Waals surface area contributed by atoms with Gasteiger partial charge in [-0.3, -0.25) is 5.32 Å². The van der Waals surface area contributed by atoms with Crippen LogP contribution in [0.25, 0.3) is 10.8 Å². The van der Waals surface area contributed by atoms with Crippen molar-refractivity contribution in [2.75, 3.05) is 25.0 Å². The fourth-order valence-corrected chi connectivity index (χ4v) is 4.07. The number of nitrogens with two attached hydrogens (primary N) is 2. The third-order valence-corrected chi connectivity index (χ3v) is 6.00. The molecular formula is C24H24ClF4N5O2. The molecule has 1 saturated heterocycles. The lowest BCUT2D eigenvalue weighted by atomic mass is 9.99. The van der Waals surface area contributed by atoms with E-state index in [1.54, 1.807) is 12.1 Å². The zero-order chi connectivity index (χ0) is 25.9. The van der Waals surface area contributed by atoms with Gasteiger partial charge in [-0.1, -0.05) is 35.9 Å². The van der Waals surface area contributed by atoms with Gasteiger partial charge >= 0.3 is 0 Å². The highest BCUT2D eigenvalue weighted by atomic mass is 35.5. The molecule has 36 heavy (non-hydrogen) atoms. The first-order valence-electron chi connectivity index (χ1n) is 11.0. The van der Waals surface area contributed by atoms with Crippen molar-refractivity contribution in [3.63, 3.8) is 0 Å². The molecule has 192 valence electrons. The maximum absolute atomic E-state index is 15.2. The molecular weight excluding hydrogens is 502 g/mol. The molecule has 0 spiro atoms. The van der Waals surface area contributed by atoms with Crippen LogP contribution in [0.5, 0.6) is 0 Å². The second-order valence-corrected chi connectivity index (χ2v) is 8.60. The van der Waals surface area contributed by atoms with E-state index in [0.29, 0.717) is 6.54 Å². The topological polar surface area (TPSA) is 110 Å². The molecule has 3 aromatic carbocycles. The van der Waals surface area contributed by atoms with Gasteiger partial charge in [-0.15, -0.1) is 0 Å². The summed E-state index contributed by atoms with van der Waals surface area (Å²) in [5.41, 5.74) is 9.95. The van der Waals surface area contributed by atoms with Gasteiger partial charge < -0.3 is 26.4 Å². The van der Waals surface area contributed by atoms with Crippen molar-refractivity contribution >= 4 is 34.0 Å². The Kier molecular flexibility index (Phi) is 7.72. The van der Waals surface area contributed by atoms with Crippen molar-refractivity contribution in [2.45, 2.75) is 24.7 Å². The summed E-state index contributed by atoms with van der Waals surface area (Å²) in [4.78, 5) is 4.85. The number of benzene rings is 3. The van der Waals surface area contributed by atoms with E-state index in [9.17, 15) is 4.39 Å². The first-order chi connectivity index (χ1) is 17.2. The normalized spacial score (nSPS) is 17.1. The Labute approximate surface area is 209 Å². The van der Waals surface area contributed by atoms with Crippen LogP contribution in [0, 0.1) is 11.6 Å². The molecule has 1 aliphatic heterocycles. The molecule has 0 saturated carbocycles. The summed E-state index contributed by atoms with van der Waals surface area (Å²) in [6.45, 7) is -0.333. The van der Waals surface area contributed by atoms with Crippen LogP contribution >= 0.6 is 11.6 Å². The number of hydrogen-bond acceptors (Lipinski definition) is 5. The third-order valence-electron chi connectivity index (χ3n) is 5.65. The Hall–Kier alpha value is -3.28. The molecule has 0 amide bonds. The number of nitrogens with one attached hydrogen (secondary N) is 2. The van der Waals surface area contributed by atoms with Crippen LogP contribution in [-0.2, 0) is 21.9 Å². The van der Waals surface area contributed by atoms with Crippen molar-refractivity contribution < 1.29 is 27.1 Å². The van der Waals surface area contributed by atoms with Gasteiger partial charge in [0, 0.05) is 34.5 Å². The number of rotatable bonds is 11. The predicted octanol–water partition coefficient (Wildman–Crippen LogP) is 4.04. The van der Waals surface area contributed by atoms with Crippen LogP contribution in [0.2, 0.25) is 5.02 Å². The molecule has 2 atom stereocenters. The van der Waals surface area contributed by atoms with E-state index in [2.05, 4.69) is 15.8 Å². The van der Waals surface area contributed by atoms with Crippen LogP contribution in [0.4, 0.5) is 23.2 Å². The summed E-state index contributed by atoms with van der Waals surface area (Å²) in [6, 6.07) is 10.8. The first-order valence-corrected chi connectivity index (χ1v) is 11.4. The minimum absolute atomic E-state index is 0.0880. The van der Waals surface area contributed by atoms with E-state index >= 15 is 13.2 Å². The lowest BCUT2D eigenvalue weighted by Crippen LogP contribution is -2.26. The van der Waals surface area contributed by atoms with Crippen molar-refractivity contribution in [2.24, 2.45) is 16.6 Å². The van der Waals surface area contributed by atoms with E-state index < -0.39 is 24.1 Å². The van der Waals surface area contributed by atoms with E-state index in [4.69, 9.17) is 32.6 Å². The van der Waals surface area contributed by atoms with Crippen LogP contribution in [0.1, 0.15) is 11.1 Å². The average molecular weight is 526 g/mol. The molecule has 12 heteroatoms. The Balaban J connectivity index is 1.40. The number of guanidine groups is 1. The fourth-order valence-electron chi connectivity index (χ4n) is 3.85. The van der Waals surface area contributed by atoms with Gasteiger partial charge in [0.25, 0.3) is 5.92 Å². The summed E-state index contributed by atoms with van der Waals surface area (Å²) in [7, 11) is 0.